The normalized spacial score (nSPS) is 10.2. The van der Waals surface area contributed by atoms with Gasteiger partial charge in [-0.05, 0) is 48.2 Å². The fraction of sp³-hybridized carbons (Fsp3) is 0.467. The number of unbranched alkanes of at least 4 members (excludes halogenated alkanes) is 7. The van der Waals surface area contributed by atoms with Gasteiger partial charge in [0.05, 0.1) is 13.2 Å². The molecule has 6 heteroatoms. The van der Waals surface area contributed by atoms with E-state index in [0.717, 1.165) is 24.3 Å². The number of aromatic carboxylic acids is 1. The van der Waals surface area contributed by atoms with E-state index in [-0.39, 0.29) is 12.0 Å². The molecule has 6 nitrogen and oxygen atoms in total. The summed E-state index contributed by atoms with van der Waals surface area (Å²) in [6.45, 7) is 10.9. The predicted octanol–water partition coefficient (Wildman–Crippen LogP) is 7.85. The van der Waals surface area contributed by atoms with Crippen LogP contribution in [0.15, 0.2) is 49.0 Å². The lowest BCUT2D eigenvalue weighted by molar-refractivity contribution is -0.136. The first-order valence-corrected chi connectivity index (χ1v) is 13.0. The smallest absolute Gasteiger partial charge is 0.340 e. The molecule has 0 saturated carbocycles. The Hall–Kier alpha value is -3.28. The molecule has 36 heavy (non-hydrogen) atoms. The van der Waals surface area contributed by atoms with Crippen molar-refractivity contribution >= 4 is 17.5 Å². The van der Waals surface area contributed by atoms with Crippen molar-refractivity contribution < 1.29 is 29.3 Å². The maximum absolute atomic E-state index is 11.8. The zero-order valence-electron chi connectivity index (χ0n) is 22.1. The van der Waals surface area contributed by atoms with Crippen LogP contribution >= 0.6 is 0 Å². The average Bonchev–Trinajstić information content (AvgIpc) is 2.88. The molecule has 0 aliphatic rings. The molecule has 0 aliphatic heterocycles. The molecule has 0 aliphatic carbocycles. The first kappa shape index (κ1) is 30.8. The van der Waals surface area contributed by atoms with Crippen LogP contribution < -0.4 is 9.47 Å². The van der Waals surface area contributed by atoms with Crippen molar-refractivity contribution in [3.05, 3.63) is 65.7 Å². The third-order valence-corrected chi connectivity index (χ3v) is 5.64. The van der Waals surface area contributed by atoms with Crippen LogP contribution in [0.25, 0.3) is 5.57 Å². The molecule has 0 fully saturated rings. The van der Waals surface area contributed by atoms with E-state index >= 15 is 0 Å². The van der Waals surface area contributed by atoms with Gasteiger partial charge in [0.25, 0.3) is 0 Å². The third-order valence-electron chi connectivity index (χ3n) is 5.64. The topological polar surface area (TPSA) is 93.1 Å². The zero-order chi connectivity index (χ0) is 26.8. The number of carbonyl (C=O) groups is 2. The Morgan fingerprint density at radius 1 is 0.806 bits per heavy atom. The van der Waals surface area contributed by atoms with Crippen LogP contribution in [0, 0.1) is 0 Å². The van der Waals surface area contributed by atoms with Crippen LogP contribution in [0.2, 0.25) is 0 Å². The van der Waals surface area contributed by atoms with Gasteiger partial charge < -0.3 is 19.7 Å². The number of carboxylic acid groups (broad SMARTS) is 2. The van der Waals surface area contributed by atoms with E-state index in [9.17, 15) is 14.7 Å². The zero-order valence-corrected chi connectivity index (χ0v) is 22.1. The molecule has 0 unspecified atom stereocenters. The predicted molar refractivity (Wildman–Crippen MR) is 145 cm³/mol. The summed E-state index contributed by atoms with van der Waals surface area (Å²) < 4.78 is 11.4. The molecule has 0 atom stereocenters. The minimum absolute atomic E-state index is 0.143. The van der Waals surface area contributed by atoms with E-state index in [1.165, 1.54) is 44.9 Å². The van der Waals surface area contributed by atoms with Gasteiger partial charge >= 0.3 is 11.9 Å². The van der Waals surface area contributed by atoms with Crippen molar-refractivity contribution in [2.24, 2.45) is 0 Å². The Morgan fingerprint density at radius 2 is 1.39 bits per heavy atom. The lowest BCUT2D eigenvalue weighted by Crippen LogP contribution is -2.07. The van der Waals surface area contributed by atoms with Gasteiger partial charge in [0, 0.05) is 6.42 Å². The van der Waals surface area contributed by atoms with Gasteiger partial charge in [-0.1, -0.05) is 89.6 Å². The Kier molecular flexibility index (Phi) is 15.4. The Morgan fingerprint density at radius 3 is 1.92 bits per heavy atom. The molecule has 198 valence electrons. The molecular weight excluding hydrogens is 456 g/mol. The second-order valence-corrected chi connectivity index (χ2v) is 8.49. The van der Waals surface area contributed by atoms with Crippen LogP contribution in [-0.2, 0) is 4.79 Å². The minimum atomic E-state index is -1.02. The van der Waals surface area contributed by atoms with Gasteiger partial charge in [-0.25, -0.2) is 4.79 Å². The molecule has 2 N–H and O–H groups in total. The molecule has 0 heterocycles. The van der Waals surface area contributed by atoms with Crippen molar-refractivity contribution in [3.63, 3.8) is 0 Å². The van der Waals surface area contributed by atoms with E-state index in [1.807, 2.05) is 31.2 Å². The summed E-state index contributed by atoms with van der Waals surface area (Å²) in [6, 6.07) is 12.9. The largest absolute Gasteiger partial charge is 0.494 e. The third kappa shape index (κ3) is 11.4. The van der Waals surface area contributed by atoms with Crippen molar-refractivity contribution in [1.29, 1.82) is 0 Å². The summed E-state index contributed by atoms with van der Waals surface area (Å²) in [5.74, 6) is -0.587. The van der Waals surface area contributed by atoms with Gasteiger partial charge in [0.2, 0.25) is 0 Å². The lowest BCUT2D eigenvalue weighted by atomic mass is 9.94. The first-order valence-electron chi connectivity index (χ1n) is 13.0. The van der Waals surface area contributed by atoms with Crippen molar-refractivity contribution in [2.75, 3.05) is 13.2 Å². The Balaban J connectivity index is 0.00000118. The number of aliphatic carboxylic acids is 1. The lowest BCUT2D eigenvalue weighted by Gasteiger charge is -2.14. The average molecular weight is 499 g/mol. The van der Waals surface area contributed by atoms with Gasteiger partial charge in [0.1, 0.15) is 17.1 Å². The van der Waals surface area contributed by atoms with Crippen molar-refractivity contribution in [1.82, 2.24) is 0 Å². The van der Waals surface area contributed by atoms with E-state index in [1.54, 1.807) is 25.1 Å². The van der Waals surface area contributed by atoms with Gasteiger partial charge in [-0.3, -0.25) is 4.79 Å². The molecule has 0 spiro atoms. The van der Waals surface area contributed by atoms with Gasteiger partial charge in [-0.2, -0.15) is 0 Å². The highest BCUT2D eigenvalue weighted by Crippen LogP contribution is 2.31. The van der Waals surface area contributed by atoms with Crippen LogP contribution in [0.4, 0.5) is 0 Å². The van der Waals surface area contributed by atoms with E-state index in [4.69, 9.17) is 14.6 Å². The standard InChI is InChI=1S/C27H36O4.C3H6O2/c1-4-6-7-8-9-10-11-12-20-31-23-18-16-22(17-19-23)21(3)24-14-13-15-25(30-5-2)26(24)27(28)29;1-2-3(4)5/h13-19H,3-12,20H2,1-2H3,(H,28,29);2H2,1H3,(H,4,5). The molecule has 0 saturated heterocycles. The summed E-state index contributed by atoms with van der Waals surface area (Å²) in [6.07, 6.45) is 10.4. The fourth-order valence-corrected chi connectivity index (χ4v) is 3.61. The molecule has 0 radical (unpaired) electrons. The van der Waals surface area contributed by atoms with Crippen molar-refractivity contribution in [2.45, 2.75) is 78.6 Å². The van der Waals surface area contributed by atoms with Crippen LogP contribution in [0.3, 0.4) is 0 Å². The highest BCUT2D eigenvalue weighted by atomic mass is 16.5. The molecular formula is C30H42O6. The summed E-state index contributed by atoms with van der Waals surface area (Å²) in [7, 11) is 0. The number of hydrogen-bond donors (Lipinski definition) is 2. The van der Waals surface area contributed by atoms with E-state index in [2.05, 4.69) is 13.5 Å². The molecule has 0 aromatic heterocycles. The number of rotatable bonds is 16. The maximum Gasteiger partial charge on any atom is 0.340 e. The van der Waals surface area contributed by atoms with E-state index < -0.39 is 11.9 Å². The quantitative estimate of drug-likeness (QED) is 0.229. The molecule has 2 aromatic rings. The molecule has 0 amide bonds. The number of hydrogen-bond acceptors (Lipinski definition) is 4. The Bertz CT molecular complexity index is 933. The van der Waals surface area contributed by atoms with Gasteiger partial charge in [-0.15, -0.1) is 0 Å². The van der Waals surface area contributed by atoms with Crippen molar-refractivity contribution in [3.8, 4) is 11.5 Å². The highest BCUT2D eigenvalue weighted by molar-refractivity contribution is 5.99. The number of ether oxygens (including phenoxy) is 2. The van der Waals surface area contributed by atoms with Crippen LogP contribution in [-0.4, -0.2) is 35.4 Å². The summed E-state index contributed by atoms with van der Waals surface area (Å²) >= 11 is 0. The molecule has 2 rings (SSSR count). The van der Waals surface area contributed by atoms with Gasteiger partial charge in [0.15, 0.2) is 0 Å². The monoisotopic (exact) mass is 498 g/mol. The first-order chi connectivity index (χ1) is 17.3. The number of carboxylic acids is 2. The maximum atomic E-state index is 11.8. The van der Waals surface area contributed by atoms with Crippen LogP contribution in [0.5, 0.6) is 11.5 Å². The molecule has 2 aromatic carbocycles. The summed E-state index contributed by atoms with van der Waals surface area (Å²) in [5.41, 5.74) is 2.21. The van der Waals surface area contributed by atoms with Crippen LogP contribution in [0.1, 0.15) is 100 Å². The second-order valence-electron chi connectivity index (χ2n) is 8.49. The fourth-order valence-electron chi connectivity index (χ4n) is 3.61. The number of benzene rings is 2. The Labute approximate surface area is 216 Å². The summed E-state index contributed by atoms with van der Waals surface area (Å²) in [5, 5.41) is 17.4. The SMILES string of the molecule is C=C(c1ccc(OCCCCCCCCCC)cc1)c1cccc(OCC)c1C(=O)O.CCC(=O)O. The summed E-state index contributed by atoms with van der Waals surface area (Å²) in [4.78, 5) is 21.2. The molecule has 0 bridgehead atoms. The van der Waals surface area contributed by atoms with E-state index in [0.29, 0.717) is 23.5 Å². The highest BCUT2D eigenvalue weighted by Gasteiger charge is 2.19. The minimum Gasteiger partial charge on any atom is -0.494 e. The second kappa shape index (κ2) is 18.1.